The smallest absolute Gasteiger partial charge is 0.0954 e. The maximum absolute atomic E-state index is 2.38. The van der Waals surface area contributed by atoms with E-state index in [0.29, 0.717) is 0 Å². The summed E-state index contributed by atoms with van der Waals surface area (Å²) in [6.07, 6.45) is 26.3. The molecule has 176 valence electrons. The zero-order valence-corrected chi connectivity index (χ0v) is 21.6. The number of hydrogen-bond donors (Lipinski definition) is 0. The highest BCUT2D eigenvalue weighted by Gasteiger charge is 2.41. The third kappa shape index (κ3) is 6.71. The monoisotopic (exact) mass is 450 g/mol. The Hall–Kier alpha value is -0.625. The average Bonchev–Trinajstić information content (AvgIpc) is 2.87. The average molecular weight is 451 g/mol. The van der Waals surface area contributed by atoms with E-state index in [4.69, 9.17) is 0 Å². The van der Waals surface area contributed by atoms with Crippen molar-refractivity contribution in [2.24, 2.45) is 5.92 Å². The summed E-state index contributed by atoms with van der Waals surface area (Å²) in [5, 5.41) is 0. The molecular weight excluding hydrogens is 403 g/mol. The molecule has 3 fully saturated rings. The first-order chi connectivity index (χ1) is 15.9. The normalized spacial score (nSPS) is 22.5. The SMILES string of the molecule is CCCC/C(Sc1ccccc1)=C(/B(C1CCCCC1)C1CCCCC1)C1CCCCC1. The van der Waals surface area contributed by atoms with Crippen LogP contribution in [0, 0.1) is 5.92 Å². The summed E-state index contributed by atoms with van der Waals surface area (Å²) in [6.45, 7) is 3.27. The molecule has 0 nitrogen and oxygen atoms in total. The molecule has 0 aromatic heterocycles. The van der Waals surface area contributed by atoms with Crippen molar-refractivity contribution >= 4 is 18.5 Å². The lowest BCUT2D eigenvalue weighted by Crippen LogP contribution is -2.36. The number of rotatable bonds is 9. The van der Waals surface area contributed by atoms with Gasteiger partial charge in [-0.05, 0) is 48.6 Å². The van der Waals surface area contributed by atoms with Crippen LogP contribution in [0.4, 0.5) is 0 Å². The summed E-state index contributed by atoms with van der Waals surface area (Å²) in [6, 6.07) is 11.4. The lowest BCUT2D eigenvalue weighted by molar-refractivity contribution is 0.403. The van der Waals surface area contributed by atoms with Gasteiger partial charge >= 0.3 is 0 Å². The van der Waals surface area contributed by atoms with Gasteiger partial charge in [0.2, 0.25) is 0 Å². The minimum Gasteiger partial charge on any atom is -0.0954 e. The molecule has 4 rings (SSSR count). The first-order valence-electron chi connectivity index (χ1n) is 14.3. The second kappa shape index (κ2) is 13.3. The Bertz CT molecular complexity index is 660. The van der Waals surface area contributed by atoms with Crippen molar-refractivity contribution in [2.75, 3.05) is 0 Å². The molecule has 0 saturated heterocycles. The molecule has 0 bridgehead atoms. The molecule has 32 heavy (non-hydrogen) atoms. The second-order valence-electron chi connectivity index (χ2n) is 11.1. The molecule has 0 unspecified atom stereocenters. The molecule has 1 aromatic rings. The lowest BCUT2D eigenvalue weighted by Gasteiger charge is -2.41. The molecule has 0 heterocycles. The van der Waals surface area contributed by atoms with E-state index in [-0.39, 0.29) is 0 Å². The van der Waals surface area contributed by atoms with Gasteiger partial charge in [0, 0.05) is 4.90 Å². The van der Waals surface area contributed by atoms with E-state index in [1.54, 1.807) is 0 Å². The van der Waals surface area contributed by atoms with E-state index in [9.17, 15) is 0 Å². The maximum Gasteiger partial charge on any atom is 0.178 e. The molecule has 0 radical (unpaired) electrons. The van der Waals surface area contributed by atoms with Crippen LogP contribution in [0.2, 0.25) is 11.6 Å². The Morgan fingerprint density at radius 3 is 1.81 bits per heavy atom. The Balaban J connectivity index is 1.75. The Morgan fingerprint density at radius 1 is 0.750 bits per heavy atom. The number of benzene rings is 1. The van der Waals surface area contributed by atoms with Crippen LogP contribution in [-0.2, 0) is 0 Å². The van der Waals surface area contributed by atoms with Gasteiger partial charge in [-0.15, -0.1) is 0 Å². The molecule has 1 aromatic carbocycles. The first kappa shape index (κ1) is 24.5. The molecule has 2 heteroatoms. The van der Waals surface area contributed by atoms with Crippen LogP contribution in [0.1, 0.15) is 122 Å². The molecule has 0 N–H and O–H groups in total. The fourth-order valence-corrected chi connectivity index (χ4v) is 8.45. The molecule has 3 aliphatic rings. The topological polar surface area (TPSA) is 0 Å². The molecule has 0 spiro atoms. The van der Waals surface area contributed by atoms with Crippen molar-refractivity contribution < 1.29 is 0 Å². The van der Waals surface area contributed by atoms with E-state index < -0.39 is 0 Å². The largest absolute Gasteiger partial charge is 0.178 e. The first-order valence-corrected chi connectivity index (χ1v) is 15.1. The Labute approximate surface area is 203 Å². The van der Waals surface area contributed by atoms with Gasteiger partial charge in [-0.2, -0.15) is 0 Å². The van der Waals surface area contributed by atoms with Gasteiger partial charge in [-0.3, -0.25) is 0 Å². The van der Waals surface area contributed by atoms with Gasteiger partial charge in [0.05, 0.1) is 0 Å². The van der Waals surface area contributed by atoms with Crippen LogP contribution in [0.15, 0.2) is 45.6 Å². The molecule has 0 atom stereocenters. The van der Waals surface area contributed by atoms with Crippen LogP contribution in [0.25, 0.3) is 0 Å². The van der Waals surface area contributed by atoms with Crippen molar-refractivity contribution in [2.45, 2.75) is 139 Å². The van der Waals surface area contributed by atoms with Crippen molar-refractivity contribution in [1.82, 2.24) is 0 Å². The fourth-order valence-electron chi connectivity index (χ4n) is 7.20. The summed E-state index contributed by atoms with van der Waals surface area (Å²) < 4.78 is 0. The van der Waals surface area contributed by atoms with E-state index >= 15 is 0 Å². The van der Waals surface area contributed by atoms with Crippen molar-refractivity contribution in [3.8, 4) is 0 Å². The Kier molecular flexibility index (Phi) is 10.2. The highest BCUT2D eigenvalue weighted by atomic mass is 32.2. The van der Waals surface area contributed by atoms with Crippen LogP contribution < -0.4 is 0 Å². The van der Waals surface area contributed by atoms with Crippen LogP contribution >= 0.6 is 11.8 Å². The minimum absolute atomic E-state index is 0.876. The lowest BCUT2D eigenvalue weighted by atomic mass is 9.25. The zero-order valence-electron chi connectivity index (χ0n) is 20.8. The summed E-state index contributed by atoms with van der Waals surface area (Å²) in [5.41, 5.74) is 2.01. The third-order valence-electron chi connectivity index (χ3n) is 8.78. The summed E-state index contributed by atoms with van der Waals surface area (Å²) >= 11 is 2.17. The quantitative estimate of drug-likeness (QED) is 0.266. The highest BCUT2D eigenvalue weighted by Crippen LogP contribution is 2.50. The summed E-state index contributed by atoms with van der Waals surface area (Å²) in [7, 11) is 0. The van der Waals surface area contributed by atoms with Crippen molar-refractivity contribution in [1.29, 1.82) is 0 Å². The van der Waals surface area contributed by atoms with Crippen molar-refractivity contribution in [3.05, 3.63) is 40.7 Å². The van der Waals surface area contributed by atoms with E-state index in [2.05, 4.69) is 49.0 Å². The number of hydrogen-bond acceptors (Lipinski definition) is 1. The fraction of sp³-hybridized carbons (Fsp3) is 0.733. The van der Waals surface area contributed by atoms with E-state index in [1.165, 1.54) is 120 Å². The van der Waals surface area contributed by atoms with Gasteiger partial charge in [0.15, 0.2) is 6.71 Å². The number of unbranched alkanes of at least 4 members (excludes halogenated alkanes) is 1. The number of thioether (sulfide) groups is 1. The number of allylic oxidation sites excluding steroid dienone is 2. The van der Waals surface area contributed by atoms with Gasteiger partial charge in [-0.1, -0.05) is 144 Å². The summed E-state index contributed by atoms with van der Waals surface area (Å²) in [4.78, 5) is 3.28. The molecule has 0 amide bonds. The van der Waals surface area contributed by atoms with Gasteiger partial charge in [0.1, 0.15) is 0 Å². The zero-order chi connectivity index (χ0) is 22.0. The maximum atomic E-state index is 2.38. The standard InChI is InChI=1S/C30H47BS/c1-2-3-24-29(32-28-22-14-7-15-23-28)30(25-16-8-4-9-17-25)31(26-18-10-5-11-19-26)27-20-12-6-13-21-27/h7,14-15,22-23,25-27H,2-6,8-13,16-21,24H2,1H3/b30-29-. The van der Waals surface area contributed by atoms with Crippen LogP contribution in [0.3, 0.4) is 0 Å². The predicted octanol–water partition coefficient (Wildman–Crippen LogP) is 10.5. The highest BCUT2D eigenvalue weighted by molar-refractivity contribution is 8.03. The molecule has 3 saturated carbocycles. The summed E-state index contributed by atoms with van der Waals surface area (Å²) in [5.74, 6) is 2.81. The van der Waals surface area contributed by atoms with Crippen LogP contribution in [-0.4, -0.2) is 6.71 Å². The molecule has 0 aliphatic heterocycles. The predicted molar refractivity (Wildman–Crippen MR) is 145 cm³/mol. The van der Waals surface area contributed by atoms with Gasteiger partial charge in [-0.25, -0.2) is 0 Å². The van der Waals surface area contributed by atoms with Gasteiger partial charge in [0.25, 0.3) is 0 Å². The van der Waals surface area contributed by atoms with Crippen LogP contribution in [0.5, 0.6) is 0 Å². The Morgan fingerprint density at radius 2 is 1.28 bits per heavy atom. The van der Waals surface area contributed by atoms with Gasteiger partial charge < -0.3 is 0 Å². The van der Waals surface area contributed by atoms with Crippen molar-refractivity contribution in [3.63, 3.8) is 0 Å². The van der Waals surface area contributed by atoms with E-state index in [0.717, 1.165) is 24.3 Å². The van der Waals surface area contributed by atoms with E-state index in [1.807, 2.05) is 10.4 Å². The second-order valence-corrected chi connectivity index (χ2v) is 12.2. The molecule has 3 aliphatic carbocycles. The molecular formula is C30H47BS. The minimum atomic E-state index is 0.876. The third-order valence-corrected chi connectivity index (χ3v) is 9.98.